The standard InChI is InChI=1S/C45H53N11O2S/c57-40-17-16-39(42(58)50-40)55-29-31-26-30(10-15-37(31)43(55)59)28-52-22-24-54(25-23-52)35-18-20-53(21-19-35)34-13-11-33(12-14-34)47-44-46-27-38-41(51-44)56(36-8-4-5-9-36)45(49-38)48-32-6-2-1-3-7-32/h1-3,6-7,10-15,26-27,35-36,39,43,59H,4-5,8-9,16-25,28-29H2,(H,48,49)(H,46,47,51)(H,50,57,58). The molecular formula is C45H53N11O2S. The predicted molar refractivity (Wildman–Crippen MR) is 234 cm³/mol. The molecule has 0 bridgehead atoms. The van der Waals surface area contributed by atoms with Crippen LogP contribution in [0.25, 0.3) is 11.2 Å². The zero-order valence-corrected chi connectivity index (χ0v) is 34.4. The topological polar surface area (TPSA) is 127 Å². The number of imide groups is 1. The number of rotatable bonds is 10. The van der Waals surface area contributed by atoms with Gasteiger partial charge < -0.3 is 15.5 Å². The number of carbonyl (C=O) groups excluding carboxylic acids is 2. The Bertz CT molecular complexity index is 2300. The maximum atomic E-state index is 12.6. The summed E-state index contributed by atoms with van der Waals surface area (Å²) in [6.07, 6.45) is 9.80. The fraction of sp³-hybridized carbons (Fsp3) is 0.444. The third-order valence-electron chi connectivity index (χ3n) is 13.2. The summed E-state index contributed by atoms with van der Waals surface area (Å²) in [4.78, 5) is 48.8. The first-order valence-electron chi connectivity index (χ1n) is 21.5. The summed E-state index contributed by atoms with van der Waals surface area (Å²) in [5.74, 6) is 1.02. The van der Waals surface area contributed by atoms with Gasteiger partial charge in [-0.1, -0.05) is 49.2 Å². The monoisotopic (exact) mass is 811 g/mol. The van der Waals surface area contributed by atoms with Gasteiger partial charge in [-0.2, -0.15) is 17.6 Å². The maximum Gasteiger partial charge on any atom is 0.243 e. The summed E-state index contributed by atoms with van der Waals surface area (Å²) >= 11 is 4.88. The number of nitrogens with one attached hydrogen (secondary N) is 3. The van der Waals surface area contributed by atoms with Gasteiger partial charge in [-0.15, -0.1) is 0 Å². The Morgan fingerprint density at radius 1 is 0.780 bits per heavy atom. The molecule has 3 saturated heterocycles. The SMILES string of the molecule is O=C1CCC(N2Cc3cc(CN4CCN(C5CCN(c6ccc(Nc7ncc8nc(Nc9ccccc9)n(C9CCCC9)c8n7)cc6)CC5)CC4)ccc3C2S)C(=O)N1. The highest BCUT2D eigenvalue weighted by Crippen LogP contribution is 2.40. The highest BCUT2D eigenvalue weighted by atomic mass is 32.1. The fourth-order valence-electron chi connectivity index (χ4n) is 10.0. The molecule has 3 N–H and O–H groups in total. The van der Waals surface area contributed by atoms with Crippen molar-refractivity contribution in [2.75, 3.05) is 54.8 Å². The fourth-order valence-corrected chi connectivity index (χ4v) is 10.5. The zero-order valence-electron chi connectivity index (χ0n) is 33.5. The maximum absolute atomic E-state index is 12.6. The minimum atomic E-state index is -0.312. The largest absolute Gasteiger partial charge is 0.371 e. The van der Waals surface area contributed by atoms with Gasteiger partial charge in [0.2, 0.25) is 23.7 Å². The van der Waals surface area contributed by atoms with Crippen molar-refractivity contribution in [3.63, 3.8) is 0 Å². The van der Waals surface area contributed by atoms with E-state index in [2.05, 4.69) is 99.7 Å². The average Bonchev–Trinajstić information content (AvgIpc) is 3.99. The lowest BCUT2D eigenvalue weighted by molar-refractivity contribution is -0.137. The molecule has 2 aromatic heterocycles. The van der Waals surface area contributed by atoms with Gasteiger partial charge in [0.05, 0.1) is 17.6 Å². The van der Waals surface area contributed by atoms with E-state index in [1.54, 1.807) is 0 Å². The number of nitrogens with zero attached hydrogens (tertiary/aromatic N) is 8. The number of amides is 2. The average molecular weight is 812 g/mol. The number of anilines is 5. The minimum absolute atomic E-state index is 0.132. The lowest BCUT2D eigenvalue weighted by atomic mass is 10.0. The van der Waals surface area contributed by atoms with Crippen LogP contribution in [0.2, 0.25) is 0 Å². The van der Waals surface area contributed by atoms with Gasteiger partial charge in [0.25, 0.3) is 0 Å². The third kappa shape index (κ3) is 8.03. The number of imidazole rings is 1. The first-order valence-corrected chi connectivity index (χ1v) is 22.0. The number of para-hydroxylation sites is 1. The Kier molecular flexibility index (Phi) is 10.7. The number of fused-ring (bicyclic) bond motifs is 2. The molecule has 2 unspecified atom stereocenters. The number of piperidine rings is 2. The Morgan fingerprint density at radius 2 is 1.54 bits per heavy atom. The number of hydrogen-bond acceptors (Lipinski definition) is 12. The minimum Gasteiger partial charge on any atom is -0.371 e. The molecule has 6 heterocycles. The molecule has 4 fully saturated rings. The molecule has 0 radical (unpaired) electrons. The molecule has 2 atom stereocenters. The van der Waals surface area contributed by atoms with Gasteiger partial charge in [0.1, 0.15) is 5.52 Å². The Labute approximate surface area is 351 Å². The first-order chi connectivity index (χ1) is 28.9. The van der Waals surface area contributed by atoms with Gasteiger partial charge >= 0.3 is 0 Å². The van der Waals surface area contributed by atoms with Gasteiger partial charge in [-0.05, 0) is 85.2 Å². The smallest absolute Gasteiger partial charge is 0.243 e. The van der Waals surface area contributed by atoms with E-state index < -0.39 is 0 Å². The van der Waals surface area contributed by atoms with Crippen LogP contribution in [0.4, 0.5) is 29.0 Å². The molecule has 5 aromatic rings. The van der Waals surface area contributed by atoms with Crippen LogP contribution in [0, 0.1) is 0 Å². The second-order valence-electron chi connectivity index (χ2n) is 16.9. The van der Waals surface area contributed by atoms with E-state index in [4.69, 9.17) is 22.6 Å². The van der Waals surface area contributed by atoms with E-state index in [9.17, 15) is 9.59 Å². The number of thiol groups is 1. The van der Waals surface area contributed by atoms with E-state index in [1.807, 2.05) is 24.4 Å². The summed E-state index contributed by atoms with van der Waals surface area (Å²) < 4.78 is 2.28. The molecule has 14 heteroatoms. The second kappa shape index (κ2) is 16.6. The van der Waals surface area contributed by atoms with Gasteiger partial charge in [-0.3, -0.25) is 34.2 Å². The molecule has 1 aliphatic carbocycles. The Balaban J connectivity index is 0.708. The quantitative estimate of drug-likeness (QED) is 0.0883. The summed E-state index contributed by atoms with van der Waals surface area (Å²) in [6, 6.07) is 26.3. The van der Waals surface area contributed by atoms with Crippen molar-refractivity contribution in [3.05, 3.63) is 95.7 Å². The van der Waals surface area contributed by atoms with E-state index in [1.165, 1.54) is 48.1 Å². The Morgan fingerprint density at radius 3 is 2.31 bits per heavy atom. The number of aromatic nitrogens is 4. The number of benzene rings is 3. The van der Waals surface area contributed by atoms with Crippen LogP contribution < -0.4 is 20.9 Å². The van der Waals surface area contributed by atoms with Crippen molar-refractivity contribution in [1.29, 1.82) is 0 Å². The van der Waals surface area contributed by atoms with Crippen molar-refractivity contribution in [1.82, 2.24) is 39.5 Å². The zero-order chi connectivity index (χ0) is 39.9. The van der Waals surface area contributed by atoms with Crippen LogP contribution in [-0.4, -0.2) is 97.4 Å². The lowest BCUT2D eigenvalue weighted by Crippen LogP contribution is -2.53. The molecule has 59 heavy (non-hydrogen) atoms. The molecule has 0 spiro atoms. The summed E-state index contributed by atoms with van der Waals surface area (Å²) in [6.45, 7) is 8.04. The van der Waals surface area contributed by atoms with E-state index >= 15 is 0 Å². The number of hydrogen-bond donors (Lipinski definition) is 4. The van der Waals surface area contributed by atoms with Crippen LogP contribution in [-0.2, 0) is 22.7 Å². The van der Waals surface area contributed by atoms with Crippen LogP contribution in [0.5, 0.6) is 0 Å². The van der Waals surface area contributed by atoms with Gasteiger partial charge in [0, 0.05) is 87.9 Å². The van der Waals surface area contributed by atoms with Crippen LogP contribution in [0.1, 0.15) is 79.5 Å². The van der Waals surface area contributed by atoms with Crippen molar-refractivity contribution in [3.8, 4) is 0 Å². The molecule has 306 valence electrons. The molecule has 5 aliphatic rings. The third-order valence-corrected chi connectivity index (χ3v) is 13.8. The highest BCUT2D eigenvalue weighted by Gasteiger charge is 2.39. The molecule has 2 amide bonds. The van der Waals surface area contributed by atoms with Crippen molar-refractivity contribution < 1.29 is 9.59 Å². The molecular weight excluding hydrogens is 759 g/mol. The normalized spacial score (nSPS) is 22.6. The van der Waals surface area contributed by atoms with E-state index in [0.29, 0.717) is 37.4 Å². The number of piperazine rings is 1. The van der Waals surface area contributed by atoms with Crippen LogP contribution in [0.3, 0.4) is 0 Å². The molecule has 1 saturated carbocycles. The summed E-state index contributed by atoms with van der Waals surface area (Å²) in [5, 5.41) is 9.36. The Hall–Kier alpha value is -5.02. The van der Waals surface area contributed by atoms with Crippen molar-refractivity contribution in [2.24, 2.45) is 0 Å². The molecule has 10 rings (SSSR count). The highest BCUT2D eigenvalue weighted by molar-refractivity contribution is 7.80. The molecule has 4 aliphatic heterocycles. The van der Waals surface area contributed by atoms with E-state index in [-0.39, 0.29) is 23.2 Å². The summed E-state index contributed by atoms with van der Waals surface area (Å²) in [5.41, 5.74) is 8.61. The molecule has 3 aromatic carbocycles. The van der Waals surface area contributed by atoms with Gasteiger partial charge in [0.15, 0.2) is 5.65 Å². The van der Waals surface area contributed by atoms with Crippen LogP contribution in [0.15, 0.2) is 79.0 Å². The predicted octanol–water partition coefficient (Wildman–Crippen LogP) is 6.76. The van der Waals surface area contributed by atoms with Crippen molar-refractivity contribution >= 4 is 64.6 Å². The van der Waals surface area contributed by atoms with Crippen LogP contribution >= 0.6 is 12.6 Å². The van der Waals surface area contributed by atoms with Gasteiger partial charge in [-0.25, -0.2) is 9.97 Å². The summed E-state index contributed by atoms with van der Waals surface area (Å²) in [7, 11) is 0. The lowest BCUT2D eigenvalue weighted by Gasteiger charge is -2.43. The first kappa shape index (κ1) is 38.2. The van der Waals surface area contributed by atoms with Crippen molar-refractivity contribution in [2.45, 2.75) is 88.0 Å². The molecule has 13 nitrogen and oxygen atoms in total. The number of carbonyl (C=O) groups is 2. The second-order valence-corrected chi connectivity index (χ2v) is 17.4. The van der Waals surface area contributed by atoms with E-state index in [0.717, 1.165) is 87.1 Å².